The molecule has 2 aromatic carbocycles. The molecular weight excluding hydrogens is 358 g/mol. The van der Waals surface area contributed by atoms with Crippen molar-refractivity contribution in [1.29, 1.82) is 0 Å². The van der Waals surface area contributed by atoms with Crippen LogP contribution in [0.15, 0.2) is 48.7 Å². The van der Waals surface area contributed by atoms with Gasteiger partial charge in [0.05, 0.1) is 32.6 Å². The third kappa shape index (κ3) is 3.88. The smallest absolute Gasteiger partial charge is 0.259 e. The van der Waals surface area contributed by atoms with Crippen molar-refractivity contribution < 1.29 is 19.0 Å². The Hall–Kier alpha value is -3.61. The van der Waals surface area contributed by atoms with Crippen molar-refractivity contribution in [2.75, 3.05) is 26.6 Å². The zero-order chi connectivity index (χ0) is 20.1. The predicted molar refractivity (Wildman–Crippen MR) is 106 cm³/mol. The van der Waals surface area contributed by atoms with Crippen LogP contribution in [0.4, 0.5) is 5.69 Å². The molecule has 0 aliphatic heterocycles. The van der Waals surface area contributed by atoms with Crippen molar-refractivity contribution >= 4 is 11.6 Å². The van der Waals surface area contributed by atoms with Gasteiger partial charge in [-0.2, -0.15) is 0 Å². The van der Waals surface area contributed by atoms with Gasteiger partial charge < -0.3 is 19.5 Å². The monoisotopic (exact) mass is 379 g/mol. The summed E-state index contributed by atoms with van der Waals surface area (Å²) in [6.07, 6.45) is 1.53. The van der Waals surface area contributed by atoms with Crippen LogP contribution in [0.1, 0.15) is 16.1 Å². The van der Waals surface area contributed by atoms with E-state index in [2.05, 4.69) is 15.3 Å². The van der Waals surface area contributed by atoms with Crippen LogP contribution >= 0.6 is 0 Å². The topological polar surface area (TPSA) is 82.6 Å². The number of aryl methyl sites for hydroxylation is 1. The summed E-state index contributed by atoms with van der Waals surface area (Å²) in [6.45, 7) is 1.78. The predicted octanol–water partition coefficient (Wildman–Crippen LogP) is 3.73. The number of rotatable bonds is 6. The van der Waals surface area contributed by atoms with Gasteiger partial charge in [0.2, 0.25) is 5.75 Å². The highest BCUT2D eigenvalue weighted by molar-refractivity contribution is 6.05. The average Bonchev–Trinajstić information content (AvgIpc) is 2.73. The zero-order valence-electron chi connectivity index (χ0n) is 16.1. The lowest BCUT2D eigenvalue weighted by atomic mass is 10.1. The van der Waals surface area contributed by atoms with E-state index in [-0.39, 0.29) is 5.91 Å². The number of carbonyl (C=O) groups excluding carboxylic acids is 1. The zero-order valence-corrected chi connectivity index (χ0v) is 16.1. The molecule has 7 nitrogen and oxygen atoms in total. The first-order chi connectivity index (χ1) is 13.6. The van der Waals surface area contributed by atoms with Crippen molar-refractivity contribution in [3.63, 3.8) is 0 Å². The van der Waals surface area contributed by atoms with E-state index >= 15 is 0 Å². The number of hydrogen-bond donors (Lipinski definition) is 1. The van der Waals surface area contributed by atoms with E-state index < -0.39 is 0 Å². The first kappa shape index (κ1) is 19.2. The van der Waals surface area contributed by atoms with Crippen LogP contribution < -0.4 is 19.5 Å². The van der Waals surface area contributed by atoms with Gasteiger partial charge in [0.1, 0.15) is 0 Å². The molecule has 0 saturated carbocycles. The molecule has 1 heterocycles. The molecule has 1 amide bonds. The first-order valence-electron chi connectivity index (χ1n) is 8.57. The number of benzene rings is 2. The lowest BCUT2D eigenvalue weighted by Gasteiger charge is -2.15. The molecule has 0 fully saturated rings. The molecule has 0 bridgehead atoms. The summed E-state index contributed by atoms with van der Waals surface area (Å²) in [5.41, 5.74) is 2.36. The van der Waals surface area contributed by atoms with Crippen LogP contribution in [0.3, 0.4) is 0 Å². The molecule has 144 valence electrons. The highest BCUT2D eigenvalue weighted by Gasteiger charge is 2.17. The van der Waals surface area contributed by atoms with E-state index in [0.29, 0.717) is 40.0 Å². The van der Waals surface area contributed by atoms with E-state index in [9.17, 15) is 4.79 Å². The van der Waals surface area contributed by atoms with Crippen LogP contribution in [0.5, 0.6) is 17.2 Å². The Balaban J connectivity index is 1.87. The van der Waals surface area contributed by atoms with Gasteiger partial charge in [0.15, 0.2) is 17.3 Å². The number of nitrogens with zero attached hydrogens (tertiary/aromatic N) is 2. The largest absolute Gasteiger partial charge is 0.493 e. The maximum absolute atomic E-state index is 12.7. The van der Waals surface area contributed by atoms with E-state index in [1.165, 1.54) is 27.5 Å². The second-order valence-corrected chi connectivity index (χ2v) is 5.93. The number of carbonyl (C=O) groups is 1. The van der Waals surface area contributed by atoms with E-state index in [1.54, 1.807) is 19.1 Å². The Labute approximate surface area is 163 Å². The van der Waals surface area contributed by atoms with Crippen LogP contribution in [-0.2, 0) is 0 Å². The number of ether oxygens (including phenoxy) is 3. The van der Waals surface area contributed by atoms with Crippen LogP contribution in [0.2, 0.25) is 0 Å². The third-order valence-electron chi connectivity index (χ3n) is 4.18. The quantitative estimate of drug-likeness (QED) is 0.703. The van der Waals surface area contributed by atoms with Gasteiger partial charge in [-0.15, -0.1) is 0 Å². The molecule has 1 N–H and O–H groups in total. The molecule has 1 aromatic heterocycles. The minimum atomic E-state index is -0.327. The minimum absolute atomic E-state index is 0.327. The summed E-state index contributed by atoms with van der Waals surface area (Å²) < 4.78 is 15.9. The van der Waals surface area contributed by atoms with Gasteiger partial charge in [-0.3, -0.25) is 4.79 Å². The van der Waals surface area contributed by atoms with Gasteiger partial charge in [0.25, 0.3) is 5.91 Å². The minimum Gasteiger partial charge on any atom is -0.493 e. The maximum atomic E-state index is 12.7. The molecule has 0 aliphatic carbocycles. The lowest BCUT2D eigenvalue weighted by molar-refractivity contribution is 0.102. The van der Waals surface area contributed by atoms with Gasteiger partial charge in [-0.25, -0.2) is 9.97 Å². The highest BCUT2D eigenvalue weighted by atomic mass is 16.5. The fourth-order valence-corrected chi connectivity index (χ4v) is 2.77. The number of aromatic nitrogens is 2. The number of hydrogen-bond acceptors (Lipinski definition) is 6. The van der Waals surface area contributed by atoms with Crippen molar-refractivity contribution in [3.05, 3.63) is 59.9 Å². The summed E-state index contributed by atoms with van der Waals surface area (Å²) in [6, 6.07) is 12.9. The molecular formula is C21H21N3O4. The van der Waals surface area contributed by atoms with Crippen molar-refractivity contribution in [2.45, 2.75) is 6.92 Å². The van der Waals surface area contributed by atoms with Crippen molar-refractivity contribution in [2.24, 2.45) is 0 Å². The SMILES string of the molecule is COc1cc(NC(=O)c2cnc(-c3ccccc3)nc2C)cc(OC)c1OC. The molecule has 3 aromatic rings. The summed E-state index contributed by atoms with van der Waals surface area (Å²) in [4.78, 5) is 21.5. The van der Waals surface area contributed by atoms with Crippen molar-refractivity contribution in [1.82, 2.24) is 9.97 Å². The van der Waals surface area contributed by atoms with E-state index in [1.807, 2.05) is 30.3 Å². The average molecular weight is 379 g/mol. The molecule has 0 radical (unpaired) electrons. The van der Waals surface area contributed by atoms with Crippen LogP contribution in [0, 0.1) is 6.92 Å². The summed E-state index contributed by atoms with van der Waals surface area (Å²) >= 11 is 0. The normalized spacial score (nSPS) is 10.3. The number of anilines is 1. The Morgan fingerprint density at radius 1 is 0.964 bits per heavy atom. The van der Waals surface area contributed by atoms with Crippen molar-refractivity contribution in [3.8, 4) is 28.6 Å². The molecule has 0 aliphatic rings. The molecule has 0 unspecified atom stereocenters. The molecule has 0 atom stereocenters. The fraction of sp³-hybridized carbons (Fsp3) is 0.190. The number of nitrogens with one attached hydrogen (secondary N) is 1. The number of amides is 1. The molecule has 3 rings (SSSR count). The molecule has 0 saturated heterocycles. The Morgan fingerprint density at radius 3 is 2.14 bits per heavy atom. The summed E-state index contributed by atoms with van der Waals surface area (Å²) in [5, 5.41) is 2.82. The Morgan fingerprint density at radius 2 is 1.61 bits per heavy atom. The second kappa shape index (κ2) is 8.39. The standard InChI is InChI=1S/C21H21N3O4/c1-13-16(12-22-20(23-13)14-8-6-5-7-9-14)21(25)24-15-10-17(26-2)19(28-4)18(11-15)27-3/h5-12H,1-4H3,(H,24,25). The van der Waals surface area contributed by atoms with Gasteiger partial charge in [-0.05, 0) is 6.92 Å². The van der Waals surface area contributed by atoms with Gasteiger partial charge in [0, 0.05) is 29.6 Å². The Kier molecular flexibility index (Phi) is 5.74. The molecule has 28 heavy (non-hydrogen) atoms. The molecule has 7 heteroatoms. The maximum Gasteiger partial charge on any atom is 0.259 e. The van der Waals surface area contributed by atoms with E-state index in [0.717, 1.165) is 5.56 Å². The lowest BCUT2D eigenvalue weighted by Crippen LogP contribution is -2.15. The van der Waals surface area contributed by atoms with E-state index in [4.69, 9.17) is 14.2 Å². The van der Waals surface area contributed by atoms with Crippen LogP contribution in [-0.4, -0.2) is 37.2 Å². The summed E-state index contributed by atoms with van der Waals surface area (Å²) in [7, 11) is 4.56. The highest BCUT2D eigenvalue weighted by Crippen LogP contribution is 2.40. The molecule has 0 spiro atoms. The number of methoxy groups -OCH3 is 3. The summed E-state index contributed by atoms with van der Waals surface area (Å²) in [5.74, 6) is 1.60. The fourth-order valence-electron chi connectivity index (χ4n) is 2.77. The Bertz CT molecular complexity index is 965. The van der Waals surface area contributed by atoms with Crippen LogP contribution in [0.25, 0.3) is 11.4 Å². The third-order valence-corrected chi connectivity index (χ3v) is 4.18. The van der Waals surface area contributed by atoms with Gasteiger partial charge in [-0.1, -0.05) is 30.3 Å². The van der Waals surface area contributed by atoms with Gasteiger partial charge >= 0.3 is 0 Å². The first-order valence-corrected chi connectivity index (χ1v) is 8.57. The second-order valence-electron chi connectivity index (χ2n) is 5.93.